The molecule has 3 N–H and O–H groups in total. The van der Waals surface area contributed by atoms with E-state index in [1.165, 1.54) is 19.8 Å². The van der Waals surface area contributed by atoms with Crippen molar-refractivity contribution in [2.75, 3.05) is 25.5 Å². The van der Waals surface area contributed by atoms with Gasteiger partial charge in [-0.05, 0) is 23.3 Å². The summed E-state index contributed by atoms with van der Waals surface area (Å²) in [6, 6.07) is 15.7. The first-order chi connectivity index (χ1) is 18.9. The Hall–Kier alpha value is -2.17. The number of anilines is 1. The van der Waals surface area contributed by atoms with Crippen LogP contribution in [0.5, 0.6) is 0 Å². The molecule has 2 aromatic carbocycles. The van der Waals surface area contributed by atoms with Crippen LogP contribution in [0.1, 0.15) is 72.4 Å². The van der Waals surface area contributed by atoms with Crippen molar-refractivity contribution in [3.8, 4) is 0 Å². The normalized spacial score (nSPS) is 9.43. The molecule has 0 bridgehead atoms. The standard InChI is InChI=1S/C17H18N2O4.C5H10NO2.C4H10.2C2H6.Y/c20-12-18-16(10-13-4-2-1-3-5-13)17(21)19-15-8-6-14(7-9-15)11-23-22;1-5(7)8-4-3-6-2;1-3-4-2;2*1-2;/h1-9,12,16,22H,10-11H2,(H,18,20)(H,19,21);3-4H2,1-2H3;3-4H2,1-2H3;2*1-2H3;/q;-1;;;;/t16-;;;;;/m1...../s1. The minimum absolute atomic E-state index is 0. The number of rotatable bonds is 12. The van der Waals surface area contributed by atoms with Gasteiger partial charge in [-0.25, -0.2) is 4.89 Å². The van der Waals surface area contributed by atoms with Crippen LogP contribution in [0.4, 0.5) is 5.69 Å². The van der Waals surface area contributed by atoms with Crippen molar-refractivity contribution in [3.63, 3.8) is 0 Å². The fourth-order valence-corrected chi connectivity index (χ4v) is 2.43. The zero-order valence-electron chi connectivity index (χ0n) is 25.6. The summed E-state index contributed by atoms with van der Waals surface area (Å²) in [5.41, 5.74) is 2.33. The number of nitrogens with zero attached hydrogens (tertiary/aromatic N) is 1. The van der Waals surface area contributed by atoms with Crippen LogP contribution in [0.25, 0.3) is 5.32 Å². The van der Waals surface area contributed by atoms with Crippen molar-refractivity contribution in [2.45, 2.75) is 80.4 Å². The predicted molar refractivity (Wildman–Crippen MR) is 160 cm³/mol. The fourth-order valence-electron chi connectivity index (χ4n) is 2.43. The molecule has 0 heterocycles. The van der Waals surface area contributed by atoms with Crippen LogP contribution >= 0.6 is 0 Å². The Balaban J connectivity index is -0.000000318. The van der Waals surface area contributed by atoms with Gasteiger partial charge in [0.05, 0.1) is 6.61 Å². The summed E-state index contributed by atoms with van der Waals surface area (Å²) < 4.78 is 4.55. The topological polar surface area (TPSA) is 128 Å². The average Bonchev–Trinajstić information content (AvgIpc) is 2.97. The van der Waals surface area contributed by atoms with Gasteiger partial charge in [-0.2, -0.15) is 7.05 Å². The number of amides is 2. The van der Waals surface area contributed by atoms with Crippen molar-refractivity contribution < 1.29 is 62.0 Å². The van der Waals surface area contributed by atoms with Gasteiger partial charge in [0.2, 0.25) is 12.3 Å². The smallest absolute Gasteiger partial charge is 0.302 e. The second kappa shape index (κ2) is 34.9. The second-order valence-electron chi connectivity index (χ2n) is 7.37. The molecule has 0 aliphatic heterocycles. The number of benzene rings is 2. The third kappa shape index (κ3) is 27.4. The Morgan fingerprint density at radius 1 is 0.950 bits per heavy atom. The molecule has 2 aromatic rings. The molecule has 225 valence electrons. The molecule has 2 rings (SSSR count). The van der Waals surface area contributed by atoms with E-state index in [9.17, 15) is 14.4 Å². The largest absolute Gasteiger partial charge is 0.662 e. The first-order valence-electron chi connectivity index (χ1n) is 13.5. The van der Waals surface area contributed by atoms with Crippen LogP contribution < -0.4 is 10.6 Å². The number of hydrogen-bond donors (Lipinski definition) is 3. The molecule has 2 amide bonds. The van der Waals surface area contributed by atoms with Crippen LogP contribution in [0.15, 0.2) is 54.6 Å². The van der Waals surface area contributed by atoms with E-state index in [1.54, 1.807) is 31.3 Å². The molecular formula is C30H50N3O6Y-. The molecule has 0 fully saturated rings. The predicted octanol–water partition coefficient (Wildman–Crippen LogP) is 6.38. The van der Waals surface area contributed by atoms with Gasteiger partial charge in [-0.3, -0.25) is 19.6 Å². The van der Waals surface area contributed by atoms with E-state index >= 15 is 0 Å². The summed E-state index contributed by atoms with van der Waals surface area (Å²) in [5.74, 6) is -0.541. The van der Waals surface area contributed by atoms with Gasteiger partial charge >= 0.3 is 5.97 Å². The second-order valence-corrected chi connectivity index (χ2v) is 7.37. The number of ether oxygens (including phenoxy) is 1. The van der Waals surface area contributed by atoms with E-state index in [4.69, 9.17) is 5.26 Å². The van der Waals surface area contributed by atoms with E-state index in [-0.39, 0.29) is 51.2 Å². The zero-order chi connectivity index (χ0) is 30.3. The summed E-state index contributed by atoms with van der Waals surface area (Å²) in [7, 11) is 1.68. The molecule has 10 heteroatoms. The summed E-state index contributed by atoms with van der Waals surface area (Å²) >= 11 is 0. The van der Waals surface area contributed by atoms with Crippen LogP contribution in [0.3, 0.4) is 0 Å². The van der Waals surface area contributed by atoms with E-state index < -0.39 is 6.04 Å². The third-order valence-corrected chi connectivity index (χ3v) is 4.44. The molecule has 9 nitrogen and oxygen atoms in total. The maximum Gasteiger partial charge on any atom is 0.302 e. The van der Waals surface area contributed by atoms with E-state index in [2.05, 4.69) is 39.4 Å². The Kier molecular flexibility index (Phi) is 39.1. The Labute approximate surface area is 267 Å². The van der Waals surface area contributed by atoms with Crippen LogP contribution in [0.2, 0.25) is 0 Å². The van der Waals surface area contributed by atoms with Gasteiger partial charge in [-0.15, -0.1) is 6.54 Å². The number of carbonyl (C=O) groups is 3. The number of hydrogen-bond acceptors (Lipinski definition) is 6. The molecule has 0 aromatic heterocycles. The van der Waals surface area contributed by atoms with E-state index in [1.807, 2.05) is 58.0 Å². The van der Waals surface area contributed by atoms with Gasteiger partial charge in [0.25, 0.3) is 0 Å². The zero-order valence-corrected chi connectivity index (χ0v) is 28.4. The van der Waals surface area contributed by atoms with Gasteiger partial charge in [0, 0.05) is 51.7 Å². The molecule has 0 spiro atoms. The first kappa shape index (κ1) is 44.8. The Bertz CT molecular complexity index is 822. The molecule has 1 atom stereocenters. The number of nitrogens with one attached hydrogen (secondary N) is 2. The molecule has 0 aliphatic carbocycles. The molecule has 0 saturated heterocycles. The maximum atomic E-state index is 12.3. The molecule has 0 aliphatic rings. The SMILES string of the molecule is CC.CC.CCCC.C[N-]CCOC(C)=O.O=CN[C@H](Cc1ccccc1)C(=O)Nc1ccc(COO)cc1.[Y]. The van der Waals surface area contributed by atoms with Gasteiger partial charge in [-0.1, -0.05) is 96.8 Å². The monoisotopic (exact) mass is 637 g/mol. The number of likely N-dealkylation sites (N-methyl/N-ethyl adjacent to an activating group) is 1. The molecule has 0 saturated carbocycles. The minimum Gasteiger partial charge on any atom is -0.662 e. The number of unbranched alkanes of at least 4 members (excludes halogenated alkanes) is 1. The maximum absolute atomic E-state index is 12.3. The summed E-state index contributed by atoms with van der Waals surface area (Å²) in [4.78, 5) is 37.2. The van der Waals surface area contributed by atoms with Crippen molar-refractivity contribution in [1.82, 2.24) is 5.32 Å². The summed E-state index contributed by atoms with van der Waals surface area (Å²) in [6.45, 7) is 14.8. The van der Waals surface area contributed by atoms with Gasteiger partial charge in [0.15, 0.2) is 0 Å². The Morgan fingerprint density at radius 2 is 1.50 bits per heavy atom. The average molecular weight is 638 g/mol. The molecule has 1 radical (unpaired) electrons. The Morgan fingerprint density at radius 3 is 1.93 bits per heavy atom. The minimum atomic E-state index is -0.657. The molecular weight excluding hydrogens is 587 g/mol. The van der Waals surface area contributed by atoms with E-state index in [0.29, 0.717) is 31.7 Å². The van der Waals surface area contributed by atoms with E-state index in [0.717, 1.165) is 11.1 Å². The quantitative estimate of drug-likeness (QED) is 0.0815. The van der Waals surface area contributed by atoms with Crippen LogP contribution in [0, 0.1) is 0 Å². The van der Waals surface area contributed by atoms with Crippen LogP contribution in [-0.4, -0.2) is 49.8 Å². The summed E-state index contributed by atoms with van der Waals surface area (Å²) in [6.07, 6.45) is 3.57. The van der Waals surface area contributed by atoms with Crippen LogP contribution in [-0.2, 0) is 69.7 Å². The molecule has 40 heavy (non-hydrogen) atoms. The van der Waals surface area contributed by atoms with Gasteiger partial charge in [0.1, 0.15) is 12.6 Å². The number of carbonyl (C=O) groups excluding carboxylic acids is 3. The van der Waals surface area contributed by atoms with Crippen molar-refractivity contribution in [1.29, 1.82) is 0 Å². The molecule has 0 unspecified atom stereocenters. The third-order valence-electron chi connectivity index (χ3n) is 4.44. The van der Waals surface area contributed by atoms with Crippen molar-refractivity contribution >= 4 is 24.0 Å². The van der Waals surface area contributed by atoms with Crippen molar-refractivity contribution in [3.05, 3.63) is 71.0 Å². The fraction of sp³-hybridized carbons (Fsp3) is 0.500. The van der Waals surface area contributed by atoms with Gasteiger partial charge < -0.3 is 20.7 Å². The number of esters is 1. The first-order valence-corrected chi connectivity index (χ1v) is 13.5. The summed E-state index contributed by atoms with van der Waals surface area (Å²) in [5, 5.41) is 17.4. The van der Waals surface area contributed by atoms with Crippen molar-refractivity contribution in [2.24, 2.45) is 0 Å².